The van der Waals surface area contributed by atoms with Crippen molar-refractivity contribution < 1.29 is 44.3 Å². The summed E-state index contributed by atoms with van der Waals surface area (Å²) in [5.41, 5.74) is -0.860. The Hall–Kier alpha value is -3.65. The molecule has 0 atom stereocenters. The molecule has 0 fully saturated rings. The third kappa shape index (κ3) is 9.19. The summed E-state index contributed by atoms with van der Waals surface area (Å²) in [7, 11) is 0. The van der Waals surface area contributed by atoms with Crippen LogP contribution in [0.4, 0.5) is 4.39 Å². The normalized spacial score (nSPS) is 11.1. The third-order valence-electron chi connectivity index (χ3n) is 4.79. The lowest BCUT2D eigenvalue weighted by atomic mass is 9.96. The van der Waals surface area contributed by atoms with Crippen molar-refractivity contribution in [3.8, 4) is 5.69 Å². The highest BCUT2D eigenvalue weighted by Gasteiger charge is 2.40. The first-order chi connectivity index (χ1) is 17.0. The Kier molecular flexibility index (Phi) is 10.7. The van der Waals surface area contributed by atoms with Crippen molar-refractivity contribution in [1.82, 2.24) is 14.7 Å². The van der Waals surface area contributed by atoms with Crippen molar-refractivity contribution in [3.63, 3.8) is 0 Å². The number of nitrogens with zero attached hydrogens (tertiary/aromatic N) is 3. The van der Waals surface area contributed by atoms with Crippen molar-refractivity contribution in [1.29, 1.82) is 0 Å². The Morgan fingerprint density at radius 1 is 1.03 bits per heavy atom. The first-order valence-electron chi connectivity index (χ1n) is 10.6. The molecule has 0 saturated heterocycles. The minimum Gasteiger partial charge on any atom is -0.481 e. The molecule has 0 radical (unpaired) electrons. The van der Waals surface area contributed by atoms with Gasteiger partial charge >= 0.3 is 17.9 Å². The molecule has 2 heterocycles. The second-order valence-corrected chi connectivity index (χ2v) is 8.79. The molecule has 13 heteroatoms. The lowest BCUT2D eigenvalue weighted by Crippen LogP contribution is -2.42. The molecule has 0 unspecified atom stereocenters. The maximum absolute atomic E-state index is 13.0. The van der Waals surface area contributed by atoms with Gasteiger partial charge in [0.25, 0.3) is 0 Å². The zero-order valence-corrected chi connectivity index (χ0v) is 19.8. The van der Waals surface area contributed by atoms with Crippen LogP contribution in [0.2, 0.25) is 0 Å². The number of carbonyl (C=O) groups is 3. The molecule has 194 valence electrons. The van der Waals surface area contributed by atoms with Gasteiger partial charge in [-0.15, -0.1) is 11.3 Å². The van der Waals surface area contributed by atoms with Gasteiger partial charge in [0.15, 0.2) is 5.60 Å². The number of rotatable bonds is 12. The molecule has 0 aliphatic rings. The number of hydrogen-bond acceptors (Lipinski definition) is 8. The number of carboxylic acid groups (broad SMARTS) is 3. The quantitative estimate of drug-likeness (QED) is 0.236. The van der Waals surface area contributed by atoms with Crippen LogP contribution in [0.25, 0.3) is 5.69 Å². The summed E-state index contributed by atoms with van der Waals surface area (Å²) < 4.78 is 14.7. The van der Waals surface area contributed by atoms with Crippen LogP contribution in [-0.2, 0) is 27.5 Å². The number of aliphatic carboxylic acids is 3. The lowest BCUT2D eigenvalue weighted by molar-refractivity contribution is -0.170. The smallest absolute Gasteiger partial charge is 0.336 e. The second-order valence-electron chi connectivity index (χ2n) is 7.76. The minimum atomic E-state index is -2.74. The number of carboxylic acids is 3. The van der Waals surface area contributed by atoms with E-state index in [0.29, 0.717) is 13.1 Å². The third-order valence-corrected chi connectivity index (χ3v) is 5.66. The predicted octanol–water partition coefficient (Wildman–Crippen LogP) is 1.82. The Labute approximate surface area is 209 Å². The summed E-state index contributed by atoms with van der Waals surface area (Å²) in [4.78, 5) is 33.9. The number of halogens is 1. The van der Waals surface area contributed by atoms with Gasteiger partial charge in [0.05, 0.1) is 31.3 Å². The number of benzene rings is 1. The predicted molar refractivity (Wildman–Crippen MR) is 126 cm³/mol. The zero-order chi connectivity index (χ0) is 26.7. The number of thiophene rings is 1. The van der Waals surface area contributed by atoms with Crippen molar-refractivity contribution in [2.24, 2.45) is 0 Å². The Morgan fingerprint density at radius 2 is 1.67 bits per heavy atom. The van der Waals surface area contributed by atoms with Crippen molar-refractivity contribution in [2.75, 3.05) is 13.2 Å². The monoisotopic (exact) mass is 523 g/mol. The van der Waals surface area contributed by atoms with E-state index in [-0.39, 0.29) is 12.4 Å². The molecule has 1 aromatic carbocycles. The number of hydrogen-bond donors (Lipinski definition) is 5. The summed E-state index contributed by atoms with van der Waals surface area (Å²) >= 11 is 1.71. The fraction of sp³-hybridized carbons (Fsp3) is 0.304. The van der Waals surface area contributed by atoms with Gasteiger partial charge in [-0.3, -0.25) is 14.5 Å². The summed E-state index contributed by atoms with van der Waals surface area (Å²) in [6.45, 7) is 2.25. The van der Waals surface area contributed by atoms with E-state index in [1.165, 1.54) is 17.0 Å². The van der Waals surface area contributed by atoms with E-state index in [9.17, 15) is 23.9 Å². The average Bonchev–Trinajstić information content (AvgIpc) is 3.46. The molecular weight excluding hydrogens is 497 g/mol. The van der Waals surface area contributed by atoms with Crippen LogP contribution in [0.5, 0.6) is 0 Å². The van der Waals surface area contributed by atoms with Crippen molar-refractivity contribution in [3.05, 3.63) is 70.4 Å². The highest BCUT2D eigenvalue weighted by molar-refractivity contribution is 7.09. The molecule has 3 rings (SSSR count). The molecule has 0 saturated carbocycles. The standard InChI is InChI=1S/C17H18FN3OS.C6H8O7/c18-15-3-5-16(6-4-15)21-12-14(10-19-21)11-20(7-8-22)13-17-2-1-9-23-17;7-3(8)1-6(13,5(11)12)2-4(9)10/h1-6,9-10,12,22H,7-8,11,13H2;13H,1-2H2,(H,7,8)(H,9,10)(H,11,12). The van der Waals surface area contributed by atoms with E-state index in [1.807, 2.05) is 18.5 Å². The van der Waals surface area contributed by atoms with Crippen molar-refractivity contribution in [2.45, 2.75) is 31.5 Å². The van der Waals surface area contributed by atoms with Gasteiger partial charge in [-0.05, 0) is 35.7 Å². The molecule has 0 aliphatic heterocycles. The maximum atomic E-state index is 13.0. The largest absolute Gasteiger partial charge is 0.481 e. The molecule has 5 N–H and O–H groups in total. The van der Waals surface area contributed by atoms with Gasteiger partial charge in [-0.25, -0.2) is 13.9 Å². The van der Waals surface area contributed by atoms with Crippen LogP contribution in [0.15, 0.2) is 54.2 Å². The van der Waals surface area contributed by atoms with Gasteiger partial charge in [0.1, 0.15) is 5.82 Å². The number of aliphatic hydroxyl groups excluding tert-OH is 1. The van der Waals surface area contributed by atoms with E-state index in [4.69, 9.17) is 20.4 Å². The number of aromatic nitrogens is 2. The highest BCUT2D eigenvalue weighted by Crippen LogP contribution is 2.16. The Bertz CT molecular complexity index is 1120. The molecule has 2 aromatic heterocycles. The summed E-state index contributed by atoms with van der Waals surface area (Å²) in [5.74, 6) is -5.28. The van der Waals surface area contributed by atoms with Gasteiger partial charge < -0.3 is 25.5 Å². The fourth-order valence-corrected chi connectivity index (χ4v) is 3.87. The van der Waals surface area contributed by atoms with Crippen LogP contribution in [0.3, 0.4) is 0 Å². The van der Waals surface area contributed by atoms with E-state index in [2.05, 4.69) is 21.4 Å². The highest BCUT2D eigenvalue weighted by atomic mass is 32.1. The average molecular weight is 524 g/mol. The first-order valence-corrected chi connectivity index (χ1v) is 11.4. The topological polar surface area (TPSA) is 173 Å². The maximum Gasteiger partial charge on any atom is 0.336 e. The minimum absolute atomic E-state index is 0.122. The van der Waals surface area contributed by atoms with Crippen LogP contribution in [0, 0.1) is 5.82 Å². The SMILES string of the molecule is O=C(O)CC(O)(CC(=O)O)C(=O)O.OCCN(Cc1cnn(-c2ccc(F)cc2)c1)Cc1cccs1. The Balaban J connectivity index is 0.000000302. The van der Waals surface area contributed by atoms with Crippen molar-refractivity contribution >= 4 is 29.2 Å². The second kappa shape index (κ2) is 13.4. The van der Waals surface area contributed by atoms with Crippen LogP contribution in [0.1, 0.15) is 23.3 Å². The summed E-state index contributed by atoms with van der Waals surface area (Å²) in [6, 6.07) is 10.4. The van der Waals surface area contributed by atoms with Gasteiger partial charge in [-0.2, -0.15) is 5.10 Å². The van der Waals surface area contributed by atoms with Crippen LogP contribution < -0.4 is 0 Å². The van der Waals surface area contributed by atoms with Gasteiger partial charge in [0.2, 0.25) is 0 Å². The van der Waals surface area contributed by atoms with E-state index >= 15 is 0 Å². The van der Waals surface area contributed by atoms with Gasteiger partial charge in [0, 0.05) is 36.3 Å². The number of aliphatic hydroxyl groups is 2. The van der Waals surface area contributed by atoms with E-state index in [1.54, 1.807) is 28.2 Å². The van der Waals surface area contributed by atoms with Gasteiger partial charge in [-0.1, -0.05) is 6.07 Å². The first kappa shape index (κ1) is 28.6. The van der Waals surface area contributed by atoms with E-state index in [0.717, 1.165) is 17.8 Å². The Morgan fingerprint density at radius 3 is 2.17 bits per heavy atom. The van der Waals surface area contributed by atoms with Crippen LogP contribution in [-0.4, -0.2) is 76.9 Å². The molecule has 36 heavy (non-hydrogen) atoms. The molecule has 0 bridgehead atoms. The molecular formula is C23H26FN3O8S. The molecule has 11 nitrogen and oxygen atoms in total. The lowest BCUT2D eigenvalue weighted by Gasteiger charge is -2.19. The zero-order valence-electron chi connectivity index (χ0n) is 19.0. The summed E-state index contributed by atoms with van der Waals surface area (Å²) in [5, 5.41) is 49.5. The molecule has 0 aliphatic carbocycles. The van der Waals surface area contributed by atoms with Crippen LogP contribution >= 0.6 is 11.3 Å². The molecule has 3 aromatic rings. The molecule has 0 amide bonds. The molecule has 0 spiro atoms. The van der Waals surface area contributed by atoms with E-state index < -0.39 is 36.4 Å². The fourth-order valence-electron chi connectivity index (χ4n) is 3.13. The summed E-state index contributed by atoms with van der Waals surface area (Å²) in [6.07, 6.45) is 1.46.